The van der Waals surface area contributed by atoms with Crippen molar-refractivity contribution in [2.45, 2.75) is 71.6 Å². The number of benzene rings is 2. The van der Waals surface area contributed by atoms with Crippen LogP contribution in [0.2, 0.25) is 0 Å². The second-order valence-corrected chi connectivity index (χ2v) is 12.4. The minimum Gasteiger partial charge on any atom is -0.444 e. The standard InChI is InChI=1S/C31H37N5O5/c1-30(2,3)40-28(37)32-22-14-15-23-21(17-22)18-25(36(23)29(38)41-31(4,5)6)19-10-12-20(13-11-19)26-33-34-27(39-26)24-9-8-16-35(24)7/h10-15,17-18,24H,8-9,16H2,1-7H3,(H,32,37)/t24-/m0/s1. The van der Waals surface area contributed by atoms with Crippen LogP contribution < -0.4 is 5.32 Å². The van der Waals surface area contributed by atoms with Crippen molar-refractivity contribution in [3.05, 3.63) is 54.4 Å². The molecule has 10 heteroatoms. The molecular weight excluding hydrogens is 522 g/mol. The van der Waals surface area contributed by atoms with Crippen LogP contribution in [0.15, 0.2) is 52.9 Å². The summed E-state index contributed by atoms with van der Waals surface area (Å²) in [4.78, 5) is 28.0. The van der Waals surface area contributed by atoms with Gasteiger partial charge < -0.3 is 13.9 Å². The van der Waals surface area contributed by atoms with E-state index in [2.05, 4.69) is 27.5 Å². The highest BCUT2D eigenvalue weighted by atomic mass is 16.6. The first-order chi connectivity index (χ1) is 19.3. The Labute approximate surface area is 239 Å². The minimum atomic E-state index is -0.684. The summed E-state index contributed by atoms with van der Waals surface area (Å²) in [7, 11) is 2.07. The van der Waals surface area contributed by atoms with E-state index in [1.54, 1.807) is 43.5 Å². The molecule has 1 saturated heterocycles. The molecule has 1 atom stereocenters. The van der Waals surface area contributed by atoms with Crippen LogP contribution in [0, 0.1) is 0 Å². The van der Waals surface area contributed by atoms with Gasteiger partial charge in [-0.1, -0.05) is 12.1 Å². The Hall–Kier alpha value is -4.18. The molecule has 0 bridgehead atoms. The average Bonchev–Trinajstić information content (AvgIpc) is 3.59. The molecule has 5 rings (SSSR count). The van der Waals surface area contributed by atoms with Gasteiger partial charge in [0.15, 0.2) is 0 Å². The van der Waals surface area contributed by atoms with E-state index in [4.69, 9.17) is 13.9 Å². The topological polar surface area (TPSA) is 112 Å². The smallest absolute Gasteiger partial charge is 0.419 e. The van der Waals surface area contributed by atoms with Crippen LogP contribution in [0.3, 0.4) is 0 Å². The number of rotatable bonds is 4. The quantitative estimate of drug-likeness (QED) is 0.278. The summed E-state index contributed by atoms with van der Waals surface area (Å²) in [6, 6.07) is 15.0. The monoisotopic (exact) mass is 559 g/mol. The lowest BCUT2D eigenvalue weighted by Gasteiger charge is -2.21. The van der Waals surface area contributed by atoms with Gasteiger partial charge in [0.2, 0.25) is 11.8 Å². The molecule has 10 nitrogen and oxygen atoms in total. The first kappa shape index (κ1) is 28.4. The Morgan fingerprint density at radius 3 is 2.24 bits per heavy atom. The normalized spacial score (nSPS) is 16.2. The lowest BCUT2D eigenvalue weighted by molar-refractivity contribution is 0.0545. The third kappa shape index (κ3) is 6.43. The molecule has 0 unspecified atom stereocenters. The van der Waals surface area contributed by atoms with Crippen molar-refractivity contribution in [2.24, 2.45) is 0 Å². The van der Waals surface area contributed by atoms with E-state index in [-0.39, 0.29) is 6.04 Å². The maximum atomic E-state index is 13.4. The van der Waals surface area contributed by atoms with Crippen molar-refractivity contribution in [1.82, 2.24) is 19.7 Å². The number of amides is 1. The highest BCUT2D eigenvalue weighted by molar-refractivity contribution is 5.99. The van der Waals surface area contributed by atoms with Gasteiger partial charge in [0.1, 0.15) is 11.2 Å². The predicted octanol–water partition coefficient (Wildman–Crippen LogP) is 7.26. The zero-order chi connectivity index (χ0) is 29.5. The van der Waals surface area contributed by atoms with Gasteiger partial charge in [-0.15, -0.1) is 10.2 Å². The average molecular weight is 560 g/mol. The zero-order valence-electron chi connectivity index (χ0n) is 24.6. The number of hydrogen-bond donors (Lipinski definition) is 1. The van der Waals surface area contributed by atoms with E-state index in [0.29, 0.717) is 28.7 Å². The van der Waals surface area contributed by atoms with Gasteiger partial charge in [0.05, 0.1) is 17.3 Å². The molecule has 2 aromatic heterocycles. The highest BCUT2D eigenvalue weighted by Crippen LogP contribution is 2.34. The molecule has 0 radical (unpaired) electrons. The van der Waals surface area contributed by atoms with Gasteiger partial charge in [0, 0.05) is 16.6 Å². The number of aromatic nitrogens is 3. The van der Waals surface area contributed by atoms with Gasteiger partial charge in [-0.2, -0.15) is 0 Å². The largest absolute Gasteiger partial charge is 0.444 e. The summed E-state index contributed by atoms with van der Waals surface area (Å²) < 4.78 is 18.7. The van der Waals surface area contributed by atoms with Crippen molar-refractivity contribution >= 4 is 28.8 Å². The summed E-state index contributed by atoms with van der Waals surface area (Å²) >= 11 is 0. The van der Waals surface area contributed by atoms with E-state index >= 15 is 0 Å². The number of hydrogen-bond acceptors (Lipinski definition) is 8. The molecule has 1 aliphatic rings. The molecule has 4 aromatic rings. The lowest BCUT2D eigenvalue weighted by atomic mass is 10.1. The minimum absolute atomic E-state index is 0.148. The SMILES string of the molecule is CN1CCC[C@H]1c1nnc(-c2ccc(-c3cc4cc(NC(=O)OC(C)(C)C)ccc4n3C(=O)OC(C)(C)C)cc2)o1. The number of likely N-dealkylation sites (tertiary alicyclic amines) is 1. The van der Waals surface area contributed by atoms with E-state index in [1.807, 2.05) is 51.1 Å². The van der Waals surface area contributed by atoms with Gasteiger partial charge in [-0.25, -0.2) is 14.2 Å². The van der Waals surface area contributed by atoms with Crippen LogP contribution >= 0.6 is 0 Å². The molecule has 1 aliphatic heterocycles. The lowest BCUT2D eigenvalue weighted by Crippen LogP contribution is -2.27. The van der Waals surface area contributed by atoms with Crippen LogP contribution in [0.1, 0.15) is 66.3 Å². The second kappa shape index (κ2) is 10.7. The van der Waals surface area contributed by atoms with Crippen LogP contribution in [-0.2, 0) is 9.47 Å². The Bertz CT molecular complexity index is 1570. The number of carbonyl (C=O) groups is 2. The van der Waals surface area contributed by atoms with Crippen molar-refractivity contribution in [2.75, 3.05) is 18.9 Å². The molecule has 216 valence electrons. The predicted molar refractivity (Wildman–Crippen MR) is 157 cm³/mol. The summed E-state index contributed by atoms with van der Waals surface area (Å²) in [5.41, 5.74) is 2.13. The van der Waals surface area contributed by atoms with Gasteiger partial charge in [0.25, 0.3) is 0 Å². The van der Waals surface area contributed by atoms with E-state index in [0.717, 1.165) is 35.9 Å². The van der Waals surface area contributed by atoms with Crippen LogP contribution in [0.5, 0.6) is 0 Å². The van der Waals surface area contributed by atoms with Crippen molar-refractivity contribution in [1.29, 1.82) is 0 Å². The second-order valence-electron chi connectivity index (χ2n) is 12.4. The molecule has 0 spiro atoms. The van der Waals surface area contributed by atoms with E-state index in [9.17, 15) is 9.59 Å². The van der Waals surface area contributed by atoms with Gasteiger partial charge >= 0.3 is 12.2 Å². The molecule has 0 aliphatic carbocycles. The molecule has 2 aromatic carbocycles. The first-order valence-electron chi connectivity index (χ1n) is 13.8. The number of carbonyl (C=O) groups excluding carboxylic acids is 2. The summed E-state index contributed by atoms with van der Waals surface area (Å²) in [6.07, 6.45) is 1.06. The molecule has 41 heavy (non-hydrogen) atoms. The fourth-order valence-corrected chi connectivity index (χ4v) is 4.92. The zero-order valence-corrected chi connectivity index (χ0v) is 24.6. The van der Waals surface area contributed by atoms with E-state index < -0.39 is 23.4 Å². The Kier molecular flexibility index (Phi) is 7.37. The number of nitrogens with zero attached hydrogens (tertiary/aromatic N) is 4. The Morgan fingerprint density at radius 2 is 1.61 bits per heavy atom. The summed E-state index contributed by atoms with van der Waals surface area (Å²) in [5.74, 6) is 1.09. The Morgan fingerprint density at radius 1 is 0.927 bits per heavy atom. The van der Waals surface area contributed by atoms with Crippen LogP contribution in [-0.4, -0.2) is 56.6 Å². The van der Waals surface area contributed by atoms with Crippen LogP contribution in [0.4, 0.5) is 15.3 Å². The number of fused-ring (bicyclic) bond motifs is 1. The fraction of sp³-hybridized carbons (Fsp3) is 0.419. The molecule has 1 fully saturated rings. The molecule has 1 amide bonds. The highest BCUT2D eigenvalue weighted by Gasteiger charge is 2.28. The van der Waals surface area contributed by atoms with E-state index in [1.165, 1.54) is 0 Å². The number of anilines is 1. The van der Waals surface area contributed by atoms with Crippen molar-refractivity contribution in [3.8, 4) is 22.7 Å². The summed E-state index contributed by atoms with van der Waals surface area (Å²) in [6.45, 7) is 11.9. The maximum absolute atomic E-state index is 13.4. The first-order valence-corrected chi connectivity index (χ1v) is 13.8. The Balaban J connectivity index is 1.48. The number of nitrogens with one attached hydrogen (secondary N) is 1. The summed E-state index contributed by atoms with van der Waals surface area (Å²) in [5, 5.41) is 12.1. The third-order valence-corrected chi connectivity index (χ3v) is 6.70. The van der Waals surface area contributed by atoms with Crippen molar-refractivity contribution < 1.29 is 23.5 Å². The maximum Gasteiger partial charge on any atom is 0.419 e. The molecule has 0 saturated carbocycles. The van der Waals surface area contributed by atoms with Gasteiger partial charge in [-0.05, 0) is 110 Å². The number of ether oxygens (including phenoxy) is 2. The molecule has 3 heterocycles. The van der Waals surface area contributed by atoms with Crippen molar-refractivity contribution in [3.63, 3.8) is 0 Å². The van der Waals surface area contributed by atoms with Crippen LogP contribution in [0.25, 0.3) is 33.6 Å². The fourth-order valence-electron chi connectivity index (χ4n) is 4.92. The molecule has 1 N–H and O–H groups in total. The third-order valence-electron chi connectivity index (χ3n) is 6.70. The molecular formula is C31H37N5O5. The van der Waals surface area contributed by atoms with Gasteiger partial charge in [-0.3, -0.25) is 10.2 Å².